The molecule has 10 atom stereocenters. The molecule has 12 nitrogen and oxygen atoms in total. The number of rotatable bonds is 6. The zero-order valence-corrected chi connectivity index (χ0v) is 19.0. The first-order valence-electron chi connectivity index (χ1n) is 10.5. The van der Waals surface area contributed by atoms with Crippen molar-refractivity contribution in [2.45, 2.75) is 102 Å². The smallest absolute Gasteiger partial charge is 0.335 e. The van der Waals surface area contributed by atoms with E-state index in [0.29, 0.717) is 0 Å². The van der Waals surface area contributed by atoms with Crippen molar-refractivity contribution in [1.29, 1.82) is 0 Å². The summed E-state index contributed by atoms with van der Waals surface area (Å²) in [5.74, 6) is -2.14. The second-order valence-corrected chi connectivity index (χ2v) is 9.43. The van der Waals surface area contributed by atoms with Crippen molar-refractivity contribution in [3.63, 3.8) is 0 Å². The van der Waals surface area contributed by atoms with Crippen LogP contribution in [0.5, 0.6) is 0 Å². The molecule has 2 heterocycles. The van der Waals surface area contributed by atoms with Crippen molar-refractivity contribution in [2.75, 3.05) is 7.05 Å². The van der Waals surface area contributed by atoms with Gasteiger partial charge in [-0.1, -0.05) is 20.8 Å². The Morgan fingerprint density at radius 1 is 0.906 bits per heavy atom. The van der Waals surface area contributed by atoms with Gasteiger partial charge in [0.15, 0.2) is 18.5 Å². The van der Waals surface area contributed by atoms with Gasteiger partial charge in [0, 0.05) is 7.05 Å². The summed E-state index contributed by atoms with van der Waals surface area (Å²) in [5, 5.41) is 54.2. The number of ether oxygens (including phenoxy) is 4. The predicted octanol–water partition coefficient (Wildman–Crippen LogP) is -2.02. The Balaban J connectivity index is 2.31. The molecule has 4 unspecified atom stereocenters. The Hall–Kier alpha value is -1.38. The normalized spacial score (nSPS) is 40.8. The largest absolute Gasteiger partial charge is 0.479 e. The molecule has 0 aromatic heterocycles. The first-order chi connectivity index (χ1) is 14.7. The van der Waals surface area contributed by atoms with E-state index in [9.17, 15) is 35.1 Å². The number of carboxylic acid groups (broad SMARTS) is 1. The van der Waals surface area contributed by atoms with E-state index in [0.717, 1.165) is 0 Å². The second kappa shape index (κ2) is 10.3. The summed E-state index contributed by atoms with van der Waals surface area (Å²) in [5.41, 5.74) is -0.648. The van der Waals surface area contributed by atoms with Crippen molar-refractivity contribution in [3.05, 3.63) is 0 Å². The molecular weight excluding hydrogens is 430 g/mol. The van der Waals surface area contributed by atoms with Gasteiger partial charge in [-0.05, 0) is 19.3 Å². The van der Waals surface area contributed by atoms with Crippen molar-refractivity contribution in [3.8, 4) is 0 Å². The summed E-state index contributed by atoms with van der Waals surface area (Å²) in [6, 6.07) is 0. The van der Waals surface area contributed by atoms with Crippen LogP contribution in [-0.4, -0.2) is 112 Å². The number of amides is 1. The van der Waals surface area contributed by atoms with Crippen LogP contribution in [0.4, 0.5) is 0 Å². The summed E-state index contributed by atoms with van der Waals surface area (Å²) in [6.45, 7) is 8.51. The third-order valence-electron chi connectivity index (χ3n) is 5.46. The van der Waals surface area contributed by atoms with Gasteiger partial charge in [-0.15, -0.1) is 0 Å². The van der Waals surface area contributed by atoms with Crippen LogP contribution in [-0.2, 0) is 28.5 Å². The van der Waals surface area contributed by atoms with Gasteiger partial charge >= 0.3 is 5.97 Å². The van der Waals surface area contributed by atoms with Crippen molar-refractivity contribution < 1.29 is 54.1 Å². The van der Waals surface area contributed by atoms with E-state index in [4.69, 9.17) is 18.9 Å². The van der Waals surface area contributed by atoms with Crippen LogP contribution in [0.3, 0.4) is 0 Å². The number of hydrogen-bond donors (Lipinski definition) is 6. The average molecular weight is 465 g/mol. The molecule has 2 fully saturated rings. The number of carbonyl (C=O) groups is 2. The van der Waals surface area contributed by atoms with Crippen molar-refractivity contribution in [1.82, 2.24) is 5.32 Å². The fourth-order valence-corrected chi connectivity index (χ4v) is 3.86. The molecule has 2 aliphatic heterocycles. The molecule has 0 saturated carbocycles. The summed E-state index contributed by atoms with van der Waals surface area (Å²) >= 11 is 0. The van der Waals surface area contributed by atoms with Crippen LogP contribution in [0.1, 0.15) is 34.6 Å². The molecule has 0 aliphatic carbocycles. The lowest BCUT2D eigenvalue weighted by Crippen LogP contribution is -2.67. The van der Waals surface area contributed by atoms with Crippen molar-refractivity contribution >= 4 is 11.9 Å². The van der Waals surface area contributed by atoms with Gasteiger partial charge < -0.3 is 49.8 Å². The Morgan fingerprint density at radius 2 is 1.47 bits per heavy atom. The average Bonchev–Trinajstić information content (AvgIpc) is 2.68. The van der Waals surface area contributed by atoms with Gasteiger partial charge in [-0.25, -0.2) is 4.79 Å². The highest BCUT2D eigenvalue weighted by molar-refractivity contribution is 5.81. The third-order valence-corrected chi connectivity index (χ3v) is 5.46. The maximum Gasteiger partial charge on any atom is 0.335 e. The Kier molecular flexibility index (Phi) is 8.62. The fraction of sp³-hybridized carbons (Fsp3) is 0.900. The second-order valence-electron chi connectivity index (χ2n) is 9.43. The molecule has 32 heavy (non-hydrogen) atoms. The number of nitrogens with one attached hydrogen (secondary N) is 1. The van der Waals surface area contributed by atoms with E-state index in [1.54, 1.807) is 34.6 Å². The van der Waals surface area contributed by atoms with Gasteiger partial charge in [0.25, 0.3) is 5.91 Å². The Morgan fingerprint density at radius 3 is 1.94 bits per heavy atom. The highest BCUT2D eigenvalue weighted by Gasteiger charge is 2.55. The number of likely N-dealkylation sites (N-methyl/N-ethyl adjacent to an activating group) is 1. The topological polar surface area (TPSA) is 184 Å². The molecule has 12 heteroatoms. The summed E-state index contributed by atoms with van der Waals surface area (Å²) in [6.07, 6.45) is -15.8. The van der Waals surface area contributed by atoms with Crippen LogP contribution in [0.25, 0.3) is 0 Å². The lowest BCUT2D eigenvalue weighted by atomic mass is 9.80. The van der Waals surface area contributed by atoms with Gasteiger partial charge in [0.2, 0.25) is 0 Å². The summed E-state index contributed by atoms with van der Waals surface area (Å²) < 4.78 is 22.1. The van der Waals surface area contributed by atoms with Crippen LogP contribution in [0.2, 0.25) is 0 Å². The van der Waals surface area contributed by atoms with E-state index < -0.39 is 84.6 Å². The van der Waals surface area contributed by atoms with E-state index in [1.807, 2.05) is 0 Å². The molecule has 1 amide bonds. The monoisotopic (exact) mass is 465 g/mol. The Bertz CT molecular complexity index is 666. The molecule has 0 aromatic carbocycles. The number of carbonyl (C=O) groups excluding carboxylic acids is 1. The molecular formula is C20H35NO11. The maximum absolute atomic E-state index is 12.5. The highest BCUT2D eigenvalue weighted by atomic mass is 16.7. The molecule has 186 valence electrons. The van der Waals surface area contributed by atoms with Gasteiger partial charge in [-0.2, -0.15) is 0 Å². The van der Waals surface area contributed by atoms with Gasteiger partial charge in [-0.3, -0.25) is 4.79 Å². The first-order valence-corrected chi connectivity index (χ1v) is 10.5. The molecule has 0 radical (unpaired) electrons. The number of carboxylic acids is 1. The highest BCUT2D eigenvalue weighted by Crippen LogP contribution is 2.36. The minimum absolute atomic E-state index is 0.472. The zero-order valence-electron chi connectivity index (χ0n) is 19.0. The number of hydrogen-bond acceptors (Lipinski definition) is 10. The first kappa shape index (κ1) is 26.9. The molecule has 2 rings (SSSR count). The summed E-state index contributed by atoms with van der Waals surface area (Å²) in [7, 11) is 1.34. The molecule has 2 aliphatic rings. The minimum Gasteiger partial charge on any atom is -0.479 e. The van der Waals surface area contributed by atoms with Gasteiger partial charge in [0.1, 0.15) is 36.6 Å². The van der Waals surface area contributed by atoms with Crippen LogP contribution in [0.15, 0.2) is 0 Å². The van der Waals surface area contributed by atoms with Gasteiger partial charge in [0.05, 0.1) is 12.2 Å². The van der Waals surface area contributed by atoms with Crippen LogP contribution in [0, 0.1) is 5.41 Å². The molecule has 6 N–H and O–H groups in total. The van der Waals surface area contributed by atoms with E-state index in [1.165, 1.54) is 7.05 Å². The molecule has 0 bridgehead atoms. The SMILES string of the molecule is CNC(=O)C1O[C@H](C(C)(C)C)[C@H](O)C(O)[C@H]1O[C@H]1OC(C(=O)O)[C@H](OC(C)C)C(O)[C@H]1O. The van der Waals surface area contributed by atoms with E-state index in [2.05, 4.69) is 5.32 Å². The third kappa shape index (κ3) is 5.57. The van der Waals surface area contributed by atoms with Crippen LogP contribution >= 0.6 is 0 Å². The number of aliphatic hydroxyl groups excluding tert-OH is 4. The molecule has 2 saturated heterocycles. The predicted molar refractivity (Wildman–Crippen MR) is 107 cm³/mol. The zero-order chi connectivity index (χ0) is 24.5. The Labute approximate surface area is 186 Å². The van der Waals surface area contributed by atoms with E-state index in [-0.39, 0.29) is 0 Å². The number of aliphatic carboxylic acids is 1. The van der Waals surface area contributed by atoms with Crippen LogP contribution < -0.4 is 5.32 Å². The summed E-state index contributed by atoms with van der Waals surface area (Å²) in [4.78, 5) is 24.2. The standard InChI is InChI=1S/C20H35NO11/c1-7(2)29-13-9(23)11(25)19(32-15(13)18(27)28)31-12-8(22)10(24)16(20(3,4)5)30-14(12)17(26)21-6/h7-16,19,22-25H,1-6H3,(H,21,26)(H,27,28)/t8?,9?,10-,11-,12-,13-,14?,15?,16+,19+/m1/s1. The number of aliphatic hydroxyl groups is 4. The molecule has 0 spiro atoms. The lowest BCUT2D eigenvalue weighted by Gasteiger charge is -2.48. The fourth-order valence-electron chi connectivity index (χ4n) is 3.86. The molecule has 0 aromatic rings. The minimum atomic E-state index is -1.77. The lowest BCUT2D eigenvalue weighted by molar-refractivity contribution is -0.340. The van der Waals surface area contributed by atoms with Crippen molar-refractivity contribution in [2.24, 2.45) is 5.41 Å². The maximum atomic E-state index is 12.5. The van der Waals surface area contributed by atoms with E-state index >= 15 is 0 Å². The quantitative estimate of drug-likeness (QED) is 0.254.